The van der Waals surface area contributed by atoms with Gasteiger partial charge in [-0.2, -0.15) is 13.2 Å². The third kappa shape index (κ3) is 5.61. The molecule has 0 atom stereocenters. The molecule has 0 radical (unpaired) electrons. The van der Waals surface area contributed by atoms with Crippen molar-refractivity contribution in [2.24, 2.45) is 0 Å². The van der Waals surface area contributed by atoms with E-state index in [0.717, 1.165) is 47.9 Å². The summed E-state index contributed by atoms with van der Waals surface area (Å²) in [6, 6.07) is 5.28. The maximum atomic E-state index is 12.9. The molecule has 0 spiro atoms. The van der Waals surface area contributed by atoms with Gasteiger partial charge in [0.15, 0.2) is 0 Å². The van der Waals surface area contributed by atoms with Gasteiger partial charge in [0.05, 0.1) is 28.0 Å². The van der Waals surface area contributed by atoms with E-state index in [1.54, 1.807) is 17.5 Å². The maximum Gasteiger partial charge on any atom is 0.416 e. The van der Waals surface area contributed by atoms with Crippen molar-refractivity contribution in [2.45, 2.75) is 56.5 Å². The predicted octanol–water partition coefficient (Wildman–Crippen LogP) is 3.66. The number of carbonyl (C=O) groups excluding carboxylic acids is 1. The molecule has 34 heavy (non-hydrogen) atoms. The van der Waals surface area contributed by atoms with Crippen LogP contribution in [0.4, 0.5) is 13.2 Å². The lowest BCUT2D eigenvalue weighted by molar-refractivity contribution is -0.137. The summed E-state index contributed by atoms with van der Waals surface area (Å²) < 4.78 is 38.7. The second kappa shape index (κ2) is 9.67. The molecule has 4 rings (SSSR count). The van der Waals surface area contributed by atoms with E-state index < -0.39 is 17.3 Å². The Bertz CT molecular complexity index is 1040. The van der Waals surface area contributed by atoms with E-state index in [0.29, 0.717) is 24.4 Å². The minimum atomic E-state index is -4.43. The van der Waals surface area contributed by atoms with Crippen LogP contribution in [0.2, 0.25) is 0 Å². The van der Waals surface area contributed by atoms with E-state index in [9.17, 15) is 23.1 Å². The molecule has 1 saturated heterocycles. The fraction of sp³-hybridized carbons (Fsp3) is 0.500. The van der Waals surface area contributed by atoms with Gasteiger partial charge < -0.3 is 15.7 Å². The molecule has 10 heteroatoms. The first-order valence-corrected chi connectivity index (χ1v) is 12.1. The average molecular weight is 495 g/mol. The first kappa shape index (κ1) is 24.7. The number of alkyl halides is 3. The van der Waals surface area contributed by atoms with E-state index in [1.807, 2.05) is 6.92 Å². The minimum Gasteiger partial charge on any atom is -0.384 e. The zero-order chi connectivity index (χ0) is 24.5. The number of likely N-dealkylation sites (tertiary alicyclic amines) is 1. The van der Waals surface area contributed by atoms with Crippen LogP contribution in [-0.2, 0) is 16.6 Å². The molecule has 1 amide bonds. The monoisotopic (exact) mass is 494 g/mol. The molecule has 184 valence electrons. The SMILES string of the molecule is C=C(NCC(=O)NC1CN([C@H]2CC[C@@](O)(c3cnc(C)s3)CC2)C1)c1cccc(C(F)(F)F)c1. The maximum absolute atomic E-state index is 12.9. The smallest absolute Gasteiger partial charge is 0.384 e. The Labute approximate surface area is 200 Å². The number of halogens is 3. The van der Waals surface area contributed by atoms with Crippen LogP contribution in [0.5, 0.6) is 0 Å². The van der Waals surface area contributed by atoms with Gasteiger partial charge in [-0.3, -0.25) is 9.69 Å². The first-order valence-electron chi connectivity index (χ1n) is 11.3. The highest BCUT2D eigenvalue weighted by molar-refractivity contribution is 7.11. The molecule has 1 aliphatic heterocycles. The number of aliphatic hydroxyl groups is 1. The number of aryl methyl sites for hydroxylation is 1. The van der Waals surface area contributed by atoms with Gasteiger partial charge >= 0.3 is 6.18 Å². The zero-order valence-electron chi connectivity index (χ0n) is 19.0. The predicted molar refractivity (Wildman–Crippen MR) is 125 cm³/mol. The Hall–Kier alpha value is -2.43. The molecule has 1 saturated carbocycles. The molecule has 0 unspecified atom stereocenters. The van der Waals surface area contributed by atoms with Crippen molar-refractivity contribution in [3.63, 3.8) is 0 Å². The summed E-state index contributed by atoms with van der Waals surface area (Å²) in [5, 5.41) is 17.7. The molecule has 2 heterocycles. The van der Waals surface area contributed by atoms with Gasteiger partial charge in [0, 0.05) is 31.0 Å². The Kier molecular flexibility index (Phi) is 7.02. The van der Waals surface area contributed by atoms with Gasteiger partial charge in [0.2, 0.25) is 5.91 Å². The van der Waals surface area contributed by atoms with Gasteiger partial charge in [0.1, 0.15) is 5.60 Å². The molecule has 1 aliphatic carbocycles. The highest BCUT2D eigenvalue weighted by Gasteiger charge is 2.41. The normalized spacial score (nSPS) is 23.9. The first-order chi connectivity index (χ1) is 16.0. The lowest BCUT2D eigenvalue weighted by Crippen LogP contribution is -2.63. The minimum absolute atomic E-state index is 0.0427. The highest BCUT2D eigenvalue weighted by atomic mass is 32.1. The van der Waals surface area contributed by atoms with Crippen LogP contribution in [-0.4, -0.2) is 52.6 Å². The summed E-state index contributed by atoms with van der Waals surface area (Å²) in [6.07, 6.45) is 0.550. The number of aromatic nitrogens is 1. The van der Waals surface area contributed by atoms with E-state index in [1.165, 1.54) is 12.1 Å². The molecule has 1 aromatic carbocycles. The van der Waals surface area contributed by atoms with Gasteiger partial charge in [0.25, 0.3) is 0 Å². The van der Waals surface area contributed by atoms with Crippen LogP contribution >= 0.6 is 11.3 Å². The van der Waals surface area contributed by atoms with Gasteiger partial charge in [-0.15, -0.1) is 11.3 Å². The molecule has 2 aliphatic rings. The largest absolute Gasteiger partial charge is 0.416 e. The second-order valence-corrected chi connectivity index (χ2v) is 10.4. The summed E-state index contributed by atoms with van der Waals surface area (Å²) in [6.45, 7) is 7.14. The number of carbonyl (C=O) groups is 1. The van der Waals surface area contributed by atoms with E-state index in [-0.39, 0.29) is 24.2 Å². The van der Waals surface area contributed by atoms with Crippen molar-refractivity contribution in [2.75, 3.05) is 19.6 Å². The third-order valence-electron chi connectivity index (χ3n) is 6.65. The van der Waals surface area contributed by atoms with Crippen LogP contribution in [0.1, 0.15) is 46.7 Å². The molecule has 3 N–H and O–H groups in total. The van der Waals surface area contributed by atoms with E-state index in [2.05, 4.69) is 27.1 Å². The van der Waals surface area contributed by atoms with Crippen molar-refractivity contribution in [1.29, 1.82) is 0 Å². The molecule has 0 bridgehead atoms. The van der Waals surface area contributed by atoms with Gasteiger partial charge in [-0.05, 0) is 50.3 Å². The fourth-order valence-electron chi connectivity index (χ4n) is 4.62. The quantitative estimate of drug-likeness (QED) is 0.548. The van der Waals surface area contributed by atoms with Crippen molar-refractivity contribution < 1.29 is 23.1 Å². The Morgan fingerprint density at radius 2 is 2.03 bits per heavy atom. The van der Waals surface area contributed by atoms with Crippen LogP contribution in [0.3, 0.4) is 0 Å². The van der Waals surface area contributed by atoms with Crippen LogP contribution in [0.25, 0.3) is 5.70 Å². The summed E-state index contributed by atoms with van der Waals surface area (Å²) in [4.78, 5) is 19.8. The highest BCUT2D eigenvalue weighted by Crippen LogP contribution is 2.41. The number of amides is 1. The van der Waals surface area contributed by atoms with E-state index in [4.69, 9.17) is 0 Å². The topological polar surface area (TPSA) is 77.5 Å². The van der Waals surface area contributed by atoms with Crippen molar-refractivity contribution in [3.05, 3.63) is 58.1 Å². The summed E-state index contributed by atoms with van der Waals surface area (Å²) >= 11 is 1.55. The summed E-state index contributed by atoms with van der Waals surface area (Å²) in [7, 11) is 0. The lowest BCUT2D eigenvalue weighted by atomic mass is 9.80. The van der Waals surface area contributed by atoms with E-state index >= 15 is 0 Å². The Morgan fingerprint density at radius 3 is 2.65 bits per heavy atom. The molecule has 6 nitrogen and oxygen atoms in total. The average Bonchev–Trinajstić information content (AvgIpc) is 3.22. The number of benzene rings is 1. The Morgan fingerprint density at radius 1 is 1.32 bits per heavy atom. The van der Waals surface area contributed by atoms with Crippen LogP contribution in [0, 0.1) is 6.92 Å². The second-order valence-electron chi connectivity index (χ2n) is 9.14. The number of nitrogens with one attached hydrogen (secondary N) is 2. The van der Waals surface area contributed by atoms with Gasteiger partial charge in [-0.25, -0.2) is 4.98 Å². The number of hydrogen-bond acceptors (Lipinski definition) is 6. The van der Waals surface area contributed by atoms with Crippen molar-refractivity contribution >= 4 is 22.9 Å². The third-order valence-corrected chi connectivity index (χ3v) is 7.76. The standard InChI is InChI=1S/C24H29F3N4O2S/c1-15(17-4-3-5-18(10-17)24(25,26)27)28-12-22(32)30-19-13-31(14-19)20-6-8-23(33,9-7-20)21-11-29-16(2)34-21/h3-5,10-11,19-20,28,33H,1,6-9,12-14H2,2H3,(H,30,32)/t20-,23-. The number of nitrogens with zero attached hydrogens (tertiary/aromatic N) is 2. The van der Waals surface area contributed by atoms with Gasteiger partial charge in [-0.1, -0.05) is 18.7 Å². The van der Waals surface area contributed by atoms with Crippen molar-refractivity contribution in [1.82, 2.24) is 20.5 Å². The lowest BCUT2D eigenvalue weighted by Gasteiger charge is -2.48. The molecule has 1 aromatic heterocycles. The molecular weight excluding hydrogens is 465 g/mol. The molecular formula is C24H29F3N4O2S. The van der Waals surface area contributed by atoms with Crippen molar-refractivity contribution in [3.8, 4) is 0 Å². The van der Waals surface area contributed by atoms with Crippen LogP contribution < -0.4 is 10.6 Å². The summed E-state index contributed by atoms with van der Waals surface area (Å²) in [5.41, 5.74) is -0.977. The fourth-order valence-corrected chi connectivity index (χ4v) is 5.54. The number of thiazole rings is 1. The number of rotatable bonds is 7. The number of hydrogen-bond donors (Lipinski definition) is 3. The molecule has 2 aromatic rings. The van der Waals surface area contributed by atoms with Crippen LogP contribution in [0.15, 0.2) is 37.0 Å². The molecule has 2 fully saturated rings. The zero-order valence-corrected chi connectivity index (χ0v) is 19.8. The summed E-state index contributed by atoms with van der Waals surface area (Å²) in [5.74, 6) is -0.226. The Balaban J connectivity index is 1.17.